The largest absolute Gasteiger partial charge is 0.496 e. The number of hydrogen-bond acceptors (Lipinski definition) is 7. The first kappa shape index (κ1) is 24.8. The van der Waals surface area contributed by atoms with E-state index in [2.05, 4.69) is 9.98 Å². The van der Waals surface area contributed by atoms with Crippen LogP contribution in [0.3, 0.4) is 0 Å². The zero-order valence-corrected chi connectivity index (χ0v) is 20.3. The van der Waals surface area contributed by atoms with Crippen molar-refractivity contribution in [2.75, 3.05) is 27.4 Å². The van der Waals surface area contributed by atoms with Gasteiger partial charge in [0, 0.05) is 26.5 Å². The van der Waals surface area contributed by atoms with Crippen molar-refractivity contribution in [2.45, 2.75) is 19.9 Å². The number of aromatic nitrogens is 3. The summed E-state index contributed by atoms with van der Waals surface area (Å²) < 4.78 is 18.8. The summed E-state index contributed by atoms with van der Waals surface area (Å²) in [7, 11) is 3.03. The Morgan fingerprint density at radius 2 is 1.83 bits per heavy atom. The van der Waals surface area contributed by atoms with Crippen LogP contribution in [0.4, 0.5) is 0 Å². The molecule has 10 heteroatoms. The van der Waals surface area contributed by atoms with Crippen LogP contribution in [0.1, 0.15) is 34.1 Å². The number of pyridine rings is 2. The summed E-state index contributed by atoms with van der Waals surface area (Å²) in [6.07, 6.45) is 2.12. The highest BCUT2D eigenvalue weighted by Gasteiger charge is 2.21. The zero-order chi connectivity index (χ0) is 25.7. The van der Waals surface area contributed by atoms with Crippen molar-refractivity contribution in [1.29, 1.82) is 0 Å². The molecule has 1 amide bonds. The molecule has 0 bridgehead atoms. The number of benzene rings is 1. The molecule has 0 aliphatic carbocycles. The van der Waals surface area contributed by atoms with Crippen LogP contribution in [0, 0.1) is 0 Å². The fourth-order valence-electron chi connectivity index (χ4n) is 3.91. The maximum absolute atomic E-state index is 13.4. The van der Waals surface area contributed by atoms with E-state index in [1.165, 1.54) is 17.6 Å². The van der Waals surface area contributed by atoms with E-state index in [4.69, 9.17) is 14.2 Å². The van der Waals surface area contributed by atoms with Gasteiger partial charge in [-0.15, -0.1) is 0 Å². The van der Waals surface area contributed by atoms with Crippen molar-refractivity contribution in [1.82, 2.24) is 14.0 Å². The fraction of sp³-hybridized carbons (Fsp3) is 0.269. The van der Waals surface area contributed by atoms with Gasteiger partial charge < -0.3 is 18.8 Å². The van der Waals surface area contributed by atoms with Crippen LogP contribution in [0.2, 0.25) is 0 Å². The second kappa shape index (κ2) is 11.0. The Morgan fingerprint density at radius 3 is 2.58 bits per heavy atom. The van der Waals surface area contributed by atoms with E-state index in [1.807, 2.05) is 0 Å². The Morgan fingerprint density at radius 1 is 1.06 bits per heavy atom. The van der Waals surface area contributed by atoms with Gasteiger partial charge in [0.15, 0.2) is 5.49 Å². The number of amides is 1. The van der Waals surface area contributed by atoms with Crippen LogP contribution in [0.5, 0.6) is 5.75 Å². The highest BCUT2D eigenvalue weighted by atomic mass is 16.5. The number of ether oxygens (including phenoxy) is 3. The van der Waals surface area contributed by atoms with Crippen LogP contribution in [0.15, 0.2) is 64.5 Å². The second-order valence-electron chi connectivity index (χ2n) is 7.80. The lowest BCUT2D eigenvalue weighted by Gasteiger charge is -2.15. The van der Waals surface area contributed by atoms with Crippen LogP contribution in [-0.4, -0.2) is 53.3 Å². The number of carbonyl (C=O) groups excluding carboxylic acids is 2. The normalized spacial score (nSPS) is 11.7. The number of hydrogen-bond donors (Lipinski definition) is 0. The van der Waals surface area contributed by atoms with E-state index in [0.717, 1.165) is 0 Å². The number of rotatable bonds is 8. The zero-order valence-electron chi connectivity index (χ0n) is 20.3. The van der Waals surface area contributed by atoms with Gasteiger partial charge in [0.05, 0.1) is 24.7 Å². The summed E-state index contributed by atoms with van der Waals surface area (Å²) >= 11 is 0. The van der Waals surface area contributed by atoms with Gasteiger partial charge in [-0.05, 0) is 43.7 Å². The average Bonchev–Trinajstić information content (AvgIpc) is 2.90. The van der Waals surface area contributed by atoms with E-state index < -0.39 is 11.9 Å². The monoisotopic (exact) mass is 490 g/mol. The molecule has 0 unspecified atom stereocenters. The van der Waals surface area contributed by atoms with Gasteiger partial charge in [0.1, 0.15) is 22.6 Å². The summed E-state index contributed by atoms with van der Waals surface area (Å²) in [5.74, 6) is -0.975. The van der Waals surface area contributed by atoms with Gasteiger partial charge >= 0.3 is 5.97 Å². The summed E-state index contributed by atoms with van der Waals surface area (Å²) in [6.45, 7) is 2.47. The number of aryl methyl sites for hydroxylation is 1. The Hall–Kier alpha value is -4.31. The van der Waals surface area contributed by atoms with E-state index >= 15 is 0 Å². The Kier molecular flexibility index (Phi) is 7.55. The average molecular weight is 491 g/mol. The van der Waals surface area contributed by atoms with Gasteiger partial charge in [-0.1, -0.05) is 18.2 Å². The predicted octanol–water partition coefficient (Wildman–Crippen LogP) is 2.61. The number of fused-ring (bicyclic) bond motifs is 2. The van der Waals surface area contributed by atoms with Crippen molar-refractivity contribution in [2.24, 2.45) is 4.99 Å². The maximum Gasteiger partial charge on any atom is 0.341 e. The van der Waals surface area contributed by atoms with E-state index in [1.54, 1.807) is 67.3 Å². The van der Waals surface area contributed by atoms with E-state index in [9.17, 15) is 14.4 Å². The molecule has 4 aromatic rings. The SMILES string of the molecule is CCOC(=O)c1cc2c(=O)n3ccccc3nc2n(CCCOC)c1=NC(=O)c1ccccc1OC. The maximum atomic E-state index is 13.4. The van der Waals surface area contributed by atoms with Crippen molar-refractivity contribution in [3.05, 3.63) is 81.7 Å². The number of esters is 1. The van der Waals surface area contributed by atoms with Gasteiger partial charge in [-0.25, -0.2) is 9.78 Å². The number of methoxy groups -OCH3 is 2. The Balaban J connectivity index is 2.10. The molecule has 3 aromatic heterocycles. The minimum absolute atomic E-state index is 0.0141. The van der Waals surface area contributed by atoms with Crippen LogP contribution < -0.4 is 15.8 Å². The smallest absolute Gasteiger partial charge is 0.341 e. The first-order valence-electron chi connectivity index (χ1n) is 11.4. The molecule has 0 aliphatic rings. The van der Waals surface area contributed by atoms with Crippen molar-refractivity contribution < 1.29 is 23.8 Å². The quantitative estimate of drug-likeness (QED) is 0.212. The summed E-state index contributed by atoms with van der Waals surface area (Å²) in [4.78, 5) is 48.7. The molecule has 0 fully saturated rings. The molecular weight excluding hydrogens is 464 g/mol. The summed E-state index contributed by atoms with van der Waals surface area (Å²) in [6, 6.07) is 13.3. The van der Waals surface area contributed by atoms with Gasteiger partial charge in [0.25, 0.3) is 11.5 Å². The third-order valence-electron chi connectivity index (χ3n) is 5.56. The van der Waals surface area contributed by atoms with E-state index in [0.29, 0.717) is 30.1 Å². The summed E-state index contributed by atoms with van der Waals surface area (Å²) in [5, 5.41) is 0.197. The molecule has 0 atom stereocenters. The number of nitrogens with zero attached hydrogens (tertiary/aromatic N) is 4. The van der Waals surface area contributed by atoms with Crippen LogP contribution >= 0.6 is 0 Å². The molecule has 0 radical (unpaired) electrons. The Labute approximate surface area is 206 Å². The second-order valence-corrected chi connectivity index (χ2v) is 7.80. The first-order chi connectivity index (χ1) is 17.5. The molecule has 3 heterocycles. The molecule has 0 aliphatic heterocycles. The Bertz CT molecular complexity index is 1570. The predicted molar refractivity (Wildman–Crippen MR) is 132 cm³/mol. The number of carbonyl (C=O) groups is 2. The molecule has 1 aromatic carbocycles. The molecule has 36 heavy (non-hydrogen) atoms. The van der Waals surface area contributed by atoms with Gasteiger partial charge in [0.2, 0.25) is 0 Å². The van der Waals surface area contributed by atoms with E-state index in [-0.39, 0.29) is 40.7 Å². The standard InChI is InChI=1S/C26H26N4O6/c1-4-36-26(33)19-16-18-22(27-21-12-7-8-13-29(21)25(18)32)30(14-9-15-34-2)23(19)28-24(31)17-10-5-6-11-20(17)35-3/h5-8,10-13,16H,4,9,14-15H2,1-3H3. The first-order valence-corrected chi connectivity index (χ1v) is 11.4. The number of para-hydroxylation sites is 1. The molecule has 0 spiro atoms. The van der Waals surface area contributed by atoms with Crippen molar-refractivity contribution >= 4 is 28.6 Å². The minimum atomic E-state index is -0.705. The molecule has 10 nitrogen and oxygen atoms in total. The lowest BCUT2D eigenvalue weighted by atomic mass is 10.1. The molecular formula is C26H26N4O6. The molecule has 0 N–H and O–H groups in total. The van der Waals surface area contributed by atoms with Gasteiger partial charge in [-0.3, -0.25) is 14.0 Å². The third kappa shape index (κ3) is 4.76. The molecule has 0 saturated carbocycles. The molecule has 4 rings (SSSR count). The van der Waals surface area contributed by atoms with Gasteiger partial charge in [-0.2, -0.15) is 4.99 Å². The van der Waals surface area contributed by atoms with Crippen molar-refractivity contribution in [3.8, 4) is 5.75 Å². The van der Waals surface area contributed by atoms with Crippen LogP contribution in [0.25, 0.3) is 16.7 Å². The lowest BCUT2D eigenvalue weighted by molar-refractivity contribution is 0.0523. The lowest BCUT2D eigenvalue weighted by Crippen LogP contribution is -2.33. The molecule has 0 saturated heterocycles. The molecule has 186 valence electrons. The van der Waals surface area contributed by atoms with Crippen LogP contribution in [-0.2, 0) is 16.0 Å². The highest BCUT2D eigenvalue weighted by Crippen LogP contribution is 2.18. The minimum Gasteiger partial charge on any atom is -0.496 e. The summed E-state index contributed by atoms with van der Waals surface area (Å²) in [5.41, 5.74) is 0.609. The topological polar surface area (TPSA) is 113 Å². The third-order valence-corrected chi connectivity index (χ3v) is 5.56. The highest BCUT2D eigenvalue weighted by molar-refractivity contribution is 5.99. The van der Waals surface area contributed by atoms with Crippen molar-refractivity contribution in [3.63, 3.8) is 0 Å². The fourth-order valence-corrected chi connectivity index (χ4v) is 3.91.